The number of hydrogen-bond donors (Lipinski definition) is 2. The second-order valence-electron chi connectivity index (χ2n) is 7.68. The van der Waals surface area contributed by atoms with Gasteiger partial charge in [-0.1, -0.05) is 6.92 Å². The SMILES string of the molecule is CC1CCN(c2ccc(C(=O)NC3CCNC(C)C3)cc2[N+](=O)[O-])CC1.Cl. The summed E-state index contributed by atoms with van der Waals surface area (Å²) in [5, 5.41) is 17.9. The molecule has 1 aromatic carbocycles. The lowest BCUT2D eigenvalue weighted by molar-refractivity contribution is -0.384. The van der Waals surface area contributed by atoms with Crippen LogP contribution >= 0.6 is 12.4 Å². The fraction of sp³-hybridized carbons (Fsp3) is 0.632. The first-order chi connectivity index (χ1) is 12.4. The number of nitrogens with zero attached hydrogens (tertiary/aromatic N) is 2. The predicted octanol–water partition coefficient (Wildman–Crippen LogP) is 3.12. The third-order valence-corrected chi connectivity index (χ3v) is 5.52. The number of carbonyl (C=O) groups is 1. The Hall–Kier alpha value is -1.86. The first-order valence-corrected chi connectivity index (χ1v) is 9.51. The van der Waals surface area contributed by atoms with Gasteiger partial charge < -0.3 is 15.5 Å². The summed E-state index contributed by atoms with van der Waals surface area (Å²) in [6, 6.07) is 5.34. The van der Waals surface area contributed by atoms with Gasteiger partial charge in [-0.15, -0.1) is 12.4 Å². The van der Waals surface area contributed by atoms with Crippen LogP contribution in [0.2, 0.25) is 0 Å². The van der Waals surface area contributed by atoms with E-state index in [2.05, 4.69) is 29.4 Å². The minimum absolute atomic E-state index is 0. The van der Waals surface area contributed by atoms with Crippen LogP contribution in [-0.2, 0) is 0 Å². The fourth-order valence-electron chi connectivity index (χ4n) is 3.86. The molecule has 2 N–H and O–H groups in total. The number of benzene rings is 1. The summed E-state index contributed by atoms with van der Waals surface area (Å²) in [6.07, 6.45) is 3.82. The van der Waals surface area contributed by atoms with Crippen LogP contribution in [0.5, 0.6) is 0 Å². The number of hydrogen-bond acceptors (Lipinski definition) is 5. The normalized spacial score (nSPS) is 23.4. The molecule has 3 rings (SSSR count). The largest absolute Gasteiger partial charge is 0.366 e. The molecule has 2 saturated heterocycles. The number of nitrogens with one attached hydrogen (secondary N) is 2. The molecular weight excluding hydrogens is 368 g/mol. The van der Waals surface area contributed by atoms with Gasteiger partial charge in [-0.05, 0) is 57.2 Å². The molecule has 27 heavy (non-hydrogen) atoms. The zero-order valence-corrected chi connectivity index (χ0v) is 16.8. The maximum atomic E-state index is 12.6. The van der Waals surface area contributed by atoms with Crippen LogP contribution in [-0.4, -0.2) is 42.5 Å². The number of rotatable bonds is 4. The Balaban J connectivity index is 0.00000261. The summed E-state index contributed by atoms with van der Waals surface area (Å²) in [7, 11) is 0. The van der Waals surface area contributed by atoms with E-state index >= 15 is 0 Å². The van der Waals surface area contributed by atoms with E-state index in [1.165, 1.54) is 6.07 Å². The minimum atomic E-state index is -0.378. The van der Waals surface area contributed by atoms with Gasteiger partial charge in [0.2, 0.25) is 0 Å². The molecular formula is C19H29ClN4O3. The highest BCUT2D eigenvalue weighted by atomic mass is 35.5. The monoisotopic (exact) mass is 396 g/mol. The number of anilines is 1. The molecule has 0 radical (unpaired) electrons. The molecule has 0 spiro atoms. The molecule has 2 aliphatic rings. The Morgan fingerprint density at radius 3 is 2.59 bits per heavy atom. The van der Waals surface area contributed by atoms with E-state index in [0.29, 0.717) is 23.2 Å². The zero-order chi connectivity index (χ0) is 18.7. The summed E-state index contributed by atoms with van der Waals surface area (Å²) in [6.45, 7) is 6.82. The minimum Gasteiger partial charge on any atom is -0.366 e. The Labute approximate surface area is 166 Å². The van der Waals surface area contributed by atoms with E-state index in [9.17, 15) is 14.9 Å². The van der Waals surface area contributed by atoms with Crippen LogP contribution in [0.3, 0.4) is 0 Å². The quantitative estimate of drug-likeness (QED) is 0.603. The average Bonchev–Trinajstić information content (AvgIpc) is 2.62. The second-order valence-corrected chi connectivity index (χ2v) is 7.68. The third-order valence-electron chi connectivity index (χ3n) is 5.52. The summed E-state index contributed by atoms with van der Waals surface area (Å²) in [5.74, 6) is 0.425. The van der Waals surface area contributed by atoms with Crippen molar-refractivity contribution in [1.82, 2.24) is 10.6 Å². The van der Waals surface area contributed by atoms with E-state index in [-0.39, 0.29) is 35.0 Å². The van der Waals surface area contributed by atoms with Crippen LogP contribution < -0.4 is 15.5 Å². The van der Waals surface area contributed by atoms with E-state index in [1.54, 1.807) is 12.1 Å². The van der Waals surface area contributed by atoms with Crippen LogP contribution in [0, 0.1) is 16.0 Å². The van der Waals surface area contributed by atoms with Gasteiger partial charge in [0.1, 0.15) is 5.69 Å². The molecule has 0 aliphatic carbocycles. The van der Waals surface area contributed by atoms with E-state index in [1.807, 2.05) is 0 Å². The first kappa shape index (κ1) is 21.4. The molecule has 0 bridgehead atoms. The molecule has 2 aliphatic heterocycles. The Bertz CT molecular complexity index is 677. The van der Waals surface area contributed by atoms with Gasteiger partial charge >= 0.3 is 0 Å². The third kappa shape index (κ3) is 5.32. The van der Waals surface area contributed by atoms with Crippen molar-refractivity contribution in [3.8, 4) is 0 Å². The van der Waals surface area contributed by atoms with Crippen LogP contribution in [0.25, 0.3) is 0 Å². The van der Waals surface area contributed by atoms with Crippen LogP contribution in [0.4, 0.5) is 11.4 Å². The van der Waals surface area contributed by atoms with Gasteiger partial charge in [0.05, 0.1) is 4.92 Å². The van der Waals surface area contributed by atoms with Gasteiger partial charge in [-0.25, -0.2) is 0 Å². The lowest BCUT2D eigenvalue weighted by atomic mass is 9.98. The Morgan fingerprint density at radius 1 is 1.26 bits per heavy atom. The summed E-state index contributed by atoms with van der Waals surface area (Å²) < 4.78 is 0. The van der Waals surface area contributed by atoms with Crippen molar-refractivity contribution in [3.63, 3.8) is 0 Å². The maximum Gasteiger partial charge on any atom is 0.293 e. The molecule has 8 heteroatoms. The molecule has 2 heterocycles. The highest BCUT2D eigenvalue weighted by Gasteiger charge is 2.26. The first-order valence-electron chi connectivity index (χ1n) is 9.51. The maximum absolute atomic E-state index is 12.6. The van der Waals surface area contributed by atoms with Crippen molar-refractivity contribution in [2.24, 2.45) is 5.92 Å². The van der Waals surface area contributed by atoms with Crippen molar-refractivity contribution in [3.05, 3.63) is 33.9 Å². The highest BCUT2D eigenvalue weighted by Crippen LogP contribution is 2.32. The molecule has 1 amide bonds. The van der Waals surface area contributed by atoms with Crippen molar-refractivity contribution in [2.75, 3.05) is 24.5 Å². The average molecular weight is 397 g/mol. The van der Waals surface area contributed by atoms with Crippen molar-refractivity contribution in [2.45, 2.75) is 51.6 Å². The van der Waals surface area contributed by atoms with Gasteiger partial charge in [-0.3, -0.25) is 14.9 Å². The van der Waals surface area contributed by atoms with Crippen molar-refractivity contribution >= 4 is 29.7 Å². The van der Waals surface area contributed by atoms with Crippen LogP contribution in [0.15, 0.2) is 18.2 Å². The Kier molecular flexibility index (Phi) is 7.44. The topological polar surface area (TPSA) is 87.5 Å². The van der Waals surface area contributed by atoms with Gasteiger partial charge in [0.25, 0.3) is 11.6 Å². The summed E-state index contributed by atoms with van der Waals surface area (Å²) in [4.78, 5) is 25.8. The van der Waals surface area contributed by atoms with Gasteiger partial charge in [0, 0.05) is 36.8 Å². The zero-order valence-electron chi connectivity index (χ0n) is 15.9. The Morgan fingerprint density at radius 2 is 1.96 bits per heavy atom. The molecule has 0 saturated carbocycles. The van der Waals surface area contributed by atoms with Crippen LogP contribution in [0.1, 0.15) is 49.9 Å². The standard InChI is InChI=1S/C19H28N4O3.ClH/c1-13-6-9-22(10-7-13)17-4-3-15(12-18(17)23(25)26)19(24)21-16-5-8-20-14(2)11-16;/h3-4,12-14,16,20H,5-11H2,1-2H3,(H,21,24);1H. The molecule has 150 valence electrons. The van der Waals surface area contributed by atoms with E-state index < -0.39 is 0 Å². The number of piperidine rings is 2. The summed E-state index contributed by atoms with van der Waals surface area (Å²) in [5.41, 5.74) is 0.997. The highest BCUT2D eigenvalue weighted by molar-refractivity contribution is 5.96. The van der Waals surface area contributed by atoms with Crippen molar-refractivity contribution < 1.29 is 9.72 Å². The van der Waals surface area contributed by atoms with Gasteiger partial charge in [0.15, 0.2) is 0 Å². The predicted molar refractivity (Wildman–Crippen MR) is 109 cm³/mol. The number of amides is 1. The van der Waals surface area contributed by atoms with E-state index in [4.69, 9.17) is 0 Å². The second kappa shape index (κ2) is 9.37. The smallest absolute Gasteiger partial charge is 0.293 e. The molecule has 7 nitrogen and oxygen atoms in total. The van der Waals surface area contributed by atoms with Crippen molar-refractivity contribution in [1.29, 1.82) is 0 Å². The lowest BCUT2D eigenvalue weighted by Crippen LogP contribution is -2.46. The molecule has 1 aromatic rings. The molecule has 2 atom stereocenters. The van der Waals surface area contributed by atoms with E-state index in [0.717, 1.165) is 45.3 Å². The molecule has 2 unspecified atom stereocenters. The number of nitro groups is 1. The molecule has 0 aromatic heterocycles. The summed E-state index contributed by atoms with van der Waals surface area (Å²) >= 11 is 0. The lowest BCUT2D eigenvalue weighted by Gasteiger charge is -2.32. The number of halogens is 1. The number of carbonyl (C=O) groups excluding carboxylic acids is 1. The fourth-order valence-corrected chi connectivity index (χ4v) is 3.86. The van der Waals surface area contributed by atoms with Gasteiger partial charge in [-0.2, -0.15) is 0 Å². The molecule has 2 fully saturated rings. The number of nitro benzene ring substituents is 1.